The molecule has 0 amide bonds. The van der Waals surface area contributed by atoms with Gasteiger partial charge in [-0.2, -0.15) is 0 Å². The molecule has 0 bridgehead atoms. The smallest absolute Gasteiger partial charge is 0.123 e. The van der Waals surface area contributed by atoms with Crippen LogP contribution in [0.5, 0.6) is 0 Å². The van der Waals surface area contributed by atoms with Gasteiger partial charge >= 0.3 is 0 Å². The van der Waals surface area contributed by atoms with Crippen LogP contribution in [-0.4, -0.2) is 29.5 Å². The van der Waals surface area contributed by atoms with Gasteiger partial charge in [0.15, 0.2) is 0 Å². The molecule has 1 aliphatic rings. The Morgan fingerprint density at radius 3 is 3.00 bits per heavy atom. The van der Waals surface area contributed by atoms with Crippen molar-refractivity contribution in [2.75, 3.05) is 19.0 Å². The third-order valence-corrected chi connectivity index (χ3v) is 2.89. The van der Waals surface area contributed by atoms with Crippen molar-refractivity contribution in [3.05, 3.63) is 0 Å². The highest BCUT2D eigenvalue weighted by atomic mass is 32.2. The number of aliphatic hydroxyl groups excluding tert-OH is 1. The second-order valence-corrected chi connectivity index (χ2v) is 4.61. The Bertz CT molecular complexity index is 114. The summed E-state index contributed by atoms with van der Waals surface area (Å²) in [5.74, 6) is 0.980. The zero-order valence-electron chi connectivity index (χ0n) is 6.46. The molecule has 0 aromatic carbocycles. The average Bonchev–Trinajstić information content (AvgIpc) is 1.94. The molecule has 1 atom stereocenters. The maximum absolute atomic E-state index is 9.16. The van der Waals surface area contributed by atoms with Crippen molar-refractivity contribution in [1.29, 1.82) is 0 Å². The lowest BCUT2D eigenvalue weighted by molar-refractivity contribution is 0.0457. The number of thioether (sulfide) groups is 1. The van der Waals surface area contributed by atoms with E-state index in [4.69, 9.17) is 9.84 Å². The lowest BCUT2D eigenvalue weighted by Crippen LogP contribution is -2.19. The van der Waals surface area contributed by atoms with Crippen molar-refractivity contribution in [2.24, 2.45) is 5.41 Å². The number of ether oxygens (including phenoxy) is 1. The minimum absolute atomic E-state index is 0.224. The highest BCUT2D eigenvalue weighted by molar-refractivity contribution is 7.99. The fourth-order valence-corrected chi connectivity index (χ4v) is 1.77. The molecule has 0 aliphatic carbocycles. The summed E-state index contributed by atoms with van der Waals surface area (Å²) in [6.45, 7) is 5.54. The van der Waals surface area contributed by atoms with Gasteiger partial charge in [-0.15, -0.1) is 11.8 Å². The normalized spacial score (nSPS) is 33.3. The van der Waals surface area contributed by atoms with Crippen LogP contribution in [0.15, 0.2) is 0 Å². The second kappa shape index (κ2) is 3.11. The Labute approximate surface area is 66.0 Å². The molecule has 0 aromatic rings. The summed E-state index contributed by atoms with van der Waals surface area (Å²) in [7, 11) is 0. The van der Waals surface area contributed by atoms with Gasteiger partial charge in [0.25, 0.3) is 0 Å². The van der Waals surface area contributed by atoms with Crippen LogP contribution in [0.4, 0.5) is 0 Å². The van der Waals surface area contributed by atoms with Crippen LogP contribution in [0.25, 0.3) is 0 Å². The van der Waals surface area contributed by atoms with Gasteiger partial charge in [0.05, 0.1) is 13.2 Å². The minimum Gasteiger partial charge on any atom is -0.380 e. The third-order valence-electron chi connectivity index (χ3n) is 1.42. The van der Waals surface area contributed by atoms with Crippen molar-refractivity contribution in [3.8, 4) is 0 Å². The number of aliphatic hydroxyl groups is 1. The maximum atomic E-state index is 9.16. The molecular weight excluding hydrogens is 148 g/mol. The Morgan fingerprint density at radius 1 is 1.60 bits per heavy atom. The van der Waals surface area contributed by atoms with Gasteiger partial charge < -0.3 is 9.84 Å². The molecule has 1 fully saturated rings. The van der Waals surface area contributed by atoms with Gasteiger partial charge in [-0.3, -0.25) is 0 Å². The van der Waals surface area contributed by atoms with E-state index >= 15 is 0 Å². The topological polar surface area (TPSA) is 29.5 Å². The van der Waals surface area contributed by atoms with Crippen molar-refractivity contribution < 1.29 is 9.84 Å². The van der Waals surface area contributed by atoms with E-state index in [0.29, 0.717) is 6.61 Å². The van der Waals surface area contributed by atoms with Crippen molar-refractivity contribution >= 4 is 11.8 Å². The molecule has 0 radical (unpaired) electrons. The average molecular weight is 162 g/mol. The zero-order chi connectivity index (χ0) is 7.61. The molecule has 1 rings (SSSR count). The molecule has 0 spiro atoms. The van der Waals surface area contributed by atoms with Crippen LogP contribution in [-0.2, 0) is 4.74 Å². The summed E-state index contributed by atoms with van der Waals surface area (Å²) in [5, 5.41) is 9.16. The number of rotatable bonds is 0. The standard InChI is InChI=1S/C7H14O2S/c1-7(2)4-9-3-6(8)10-5-7/h6,8H,3-5H2,1-2H3. The van der Waals surface area contributed by atoms with Crippen molar-refractivity contribution in [2.45, 2.75) is 19.3 Å². The van der Waals surface area contributed by atoms with E-state index < -0.39 is 0 Å². The molecular formula is C7H14O2S. The lowest BCUT2D eigenvalue weighted by atomic mass is 9.98. The molecule has 10 heavy (non-hydrogen) atoms. The molecule has 1 unspecified atom stereocenters. The van der Waals surface area contributed by atoms with Crippen LogP contribution in [0.3, 0.4) is 0 Å². The van der Waals surface area contributed by atoms with Gasteiger partial charge in [0, 0.05) is 5.75 Å². The lowest BCUT2D eigenvalue weighted by Gasteiger charge is -2.19. The van der Waals surface area contributed by atoms with Gasteiger partial charge in [-0.05, 0) is 5.41 Å². The van der Waals surface area contributed by atoms with Gasteiger partial charge in [0.2, 0.25) is 0 Å². The van der Waals surface area contributed by atoms with Crippen LogP contribution >= 0.6 is 11.8 Å². The molecule has 1 N–H and O–H groups in total. The summed E-state index contributed by atoms with van der Waals surface area (Å²) in [5.41, 5.74) is -0.0934. The van der Waals surface area contributed by atoms with Crippen LogP contribution < -0.4 is 0 Å². The first kappa shape index (κ1) is 8.37. The predicted octanol–water partition coefficient (Wildman–Crippen LogP) is 1.09. The first-order valence-electron chi connectivity index (χ1n) is 3.48. The third kappa shape index (κ3) is 2.48. The molecule has 3 heteroatoms. The van der Waals surface area contributed by atoms with Crippen LogP contribution in [0, 0.1) is 5.41 Å². The van der Waals surface area contributed by atoms with E-state index in [2.05, 4.69) is 13.8 Å². The van der Waals surface area contributed by atoms with Gasteiger partial charge in [0.1, 0.15) is 5.44 Å². The Morgan fingerprint density at radius 2 is 2.30 bits per heavy atom. The Kier molecular flexibility index (Phi) is 2.61. The van der Waals surface area contributed by atoms with E-state index in [1.807, 2.05) is 0 Å². The SMILES string of the molecule is CC1(C)COCC(O)SC1. The first-order chi connectivity index (χ1) is 4.60. The highest BCUT2D eigenvalue weighted by Gasteiger charge is 2.24. The van der Waals surface area contributed by atoms with E-state index in [1.165, 1.54) is 0 Å². The number of hydrogen-bond acceptors (Lipinski definition) is 3. The van der Waals surface area contributed by atoms with Gasteiger partial charge in [-0.1, -0.05) is 13.8 Å². The Balaban J connectivity index is 2.41. The second-order valence-electron chi connectivity index (χ2n) is 3.44. The largest absolute Gasteiger partial charge is 0.380 e. The number of hydrogen-bond donors (Lipinski definition) is 1. The Hall–Kier alpha value is 0.270. The summed E-state index contributed by atoms with van der Waals surface area (Å²) < 4.78 is 5.25. The zero-order valence-corrected chi connectivity index (χ0v) is 7.28. The molecule has 0 saturated carbocycles. The fourth-order valence-electron chi connectivity index (χ4n) is 0.848. The van der Waals surface area contributed by atoms with E-state index in [-0.39, 0.29) is 10.9 Å². The summed E-state index contributed by atoms with van der Waals surface area (Å²) in [4.78, 5) is 0. The maximum Gasteiger partial charge on any atom is 0.123 e. The highest BCUT2D eigenvalue weighted by Crippen LogP contribution is 2.27. The molecule has 1 aliphatic heterocycles. The van der Waals surface area contributed by atoms with Crippen LogP contribution in [0.1, 0.15) is 13.8 Å². The van der Waals surface area contributed by atoms with Crippen molar-refractivity contribution in [3.63, 3.8) is 0 Å². The summed E-state index contributed by atoms with van der Waals surface area (Å²) in [6, 6.07) is 0. The van der Waals surface area contributed by atoms with Crippen molar-refractivity contribution in [1.82, 2.24) is 0 Å². The summed E-state index contributed by atoms with van der Waals surface area (Å²) >= 11 is 1.58. The first-order valence-corrected chi connectivity index (χ1v) is 4.52. The van der Waals surface area contributed by atoms with E-state index in [0.717, 1.165) is 12.4 Å². The summed E-state index contributed by atoms with van der Waals surface area (Å²) in [6.07, 6.45) is 0. The molecule has 1 heterocycles. The molecule has 1 saturated heterocycles. The van der Waals surface area contributed by atoms with Crippen LogP contribution in [0.2, 0.25) is 0 Å². The molecule has 60 valence electrons. The molecule has 2 nitrogen and oxygen atoms in total. The monoisotopic (exact) mass is 162 g/mol. The minimum atomic E-state index is -0.318. The van der Waals surface area contributed by atoms with E-state index in [9.17, 15) is 0 Å². The van der Waals surface area contributed by atoms with Gasteiger partial charge in [-0.25, -0.2) is 0 Å². The van der Waals surface area contributed by atoms with E-state index in [1.54, 1.807) is 11.8 Å². The quantitative estimate of drug-likeness (QED) is 0.578. The fraction of sp³-hybridized carbons (Fsp3) is 1.00. The predicted molar refractivity (Wildman–Crippen MR) is 43.1 cm³/mol. The molecule has 0 aromatic heterocycles.